The third kappa shape index (κ3) is 20.6. The number of hydrogen-bond acceptors (Lipinski definition) is 8. The van der Waals surface area contributed by atoms with Crippen LogP contribution in [0.25, 0.3) is 0 Å². The molecule has 0 aliphatic heterocycles. The van der Waals surface area contributed by atoms with Gasteiger partial charge in [0, 0.05) is 36.8 Å². The van der Waals surface area contributed by atoms with Crippen LogP contribution in [0.3, 0.4) is 0 Å². The van der Waals surface area contributed by atoms with Crippen molar-refractivity contribution >= 4 is 47.2 Å². The first-order valence-corrected chi connectivity index (χ1v) is 23.4. The summed E-state index contributed by atoms with van der Waals surface area (Å²) in [4.78, 5) is 101. The second kappa shape index (κ2) is 29.9. The highest BCUT2D eigenvalue weighted by atomic mass is 16.4. The SMILES string of the molecule is CCC(C)[C@H](NC(=O)CCCCCCCCCCCCCCC(=O)N[C@@H](CC(N)=O)C(=O)N[C@@H](Cc1ccc(C(=O)c2ccccc2)cc1)C(=O)O)C(=O)N[C@H](Cc1ccccc1)C(N)=O. The number of nitrogens with one attached hydrogen (secondary N) is 4. The van der Waals surface area contributed by atoms with Crippen molar-refractivity contribution in [2.45, 2.75) is 154 Å². The van der Waals surface area contributed by atoms with E-state index in [0.29, 0.717) is 36.0 Å². The number of aliphatic carboxylic acids is 1. The van der Waals surface area contributed by atoms with Crippen molar-refractivity contribution in [1.29, 1.82) is 0 Å². The molecule has 9 N–H and O–H groups in total. The predicted molar refractivity (Wildman–Crippen MR) is 253 cm³/mol. The number of hydrogen-bond donors (Lipinski definition) is 7. The Morgan fingerprint density at radius 1 is 0.515 bits per heavy atom. The molecule has 15 heteroatoms. The molecule has 6 amide bonds. The van der Waals surface area contributed by atoms with Crippen molar-refractivity contribution in [3.8, 4) is 0 Å². The summed E-state index contributed by atoms with van der Waals surface area (Å²) in [5.41, 5.74) is 13.3. The van der Waals surface area contributed by atoms with E-state index in [1.807, 2.05) is 50.2 Å². The van der Waals surface area contributed by atoms with Crippen molar-refractivity contribution in [2.24, 2.45) is 17.4 Å². The van der Waals surface area contributed by atoms with Gasteiger partial charge in [-0.2, -0.15) is 0 Å². The molecule has 3 aromatic rings. The number of amides is 6. The fourth-order valence-electron chi connectivity index (χ4n) is 7.55. The molecule has 1 unspecified atom stereocenters. The van der Waals surface area contributed by atoms with Crippen LogP contribution in [0.1, 0.15) is 144 Å². The normalized spacial score (nSPS) is 13.2. The van der Waals surface area contributed by atoms with Crippen LogP contribution in [-0.4, -0.2) is 76.5 Å². The first-order chi connectivity index (χ1) is 31.7. The Morgan fingerprint density at radius 3 is 1.44 bits per heavy atom. The van der Waals surface area contributed by atoms with Gasteiger partial charge in [-0.1, -0.05) is 169 Å². The van der Waals surface area contributed by atoms with Crippen molar-refractivity contribution in [1.82, 2.24) is 21.3 Å². The molecule has 358 valence electrons. The Hall–Kier alpha value is -6.38. The van der Waals surface area contributed by atoms with Gasteiger partial charge < -0.3 is 37.8 Å². The number of carbonyl (C=O) groups excluding carboxylic acids is 7. The highest BCUT2D eigenvalue weighted by Gasteiger charge is 2.30. The van der Waals surface area contributed by atoms with E-state index in [9.17, 15) is 43.5 Å². The number of carbonyl (C=O) groups is 8. The Bertz CT molecular complexity index is 2010. The van der Waals surface area contributed by atoms with Gasteiger partial charge in [-0.25, -0.2) is 4.79 Å². The quantitative estimate of drug-likeness (QED) is 0.0296. The molecule has 0 spiro atoms. The lowest BCUT2D eigenvalue weighted by molar-refractivity contribution is -0.142. The zero-order chi connectivity index (χ0) is 48.3. The average molecular weight is 911 g/mol. The predicted octanol–water partition coefficient (Wildman–Crippen LogP) is 5.59. The number of carboxylic acids is 1. The number of nitrogens with two attached hydrogens (primary N) is 2. The third-order valence-corrected chi connectivity index (χ3v) is 11.7. The lowest BCUT2D eigenvalue weighted by Crippen LogP contribution is -2.55. The van der Waals surface area contributed by atoms with Crippen molar-refractivity contribution in [3.63, 3.8) is 0 Å². The van der Waals surface area contributed by atoms with Crippen LogP contribution in [0, 0.1) is 5.92 Å². The number of carboxylic acid groups (broad SMARTS) is 1. The Balaban J connectivity index is 1.26. The second-order valence-corrected chi connectivity index (χ2v) is 17.1. The lowest BCUT2D eigenvalue weighted by atomic mass is 9.97. The largest absolute Gasteiger partial charge is 0.480 e. The first kappa shape index (κ1) is 54.0. The van der Waals surface area contributed by atoms with Crippen molar-refractivity contribution in [2.75, 3.05) is 0 Å². The van der Waals surface area contributed by atoms with Gasteiger partial charge in [0.15, 0.2) is 5.78 Å². The van der Waals surface area contributed by atoms with Gasteiger partial charge in [0.2, 0.25) is 35.4 Å². The molecule has 0 bridgehead atoms. The second-order valence-electron chi connectivity index (χ2n) is 17.1. The highest BCUT2D eigenvalue weighted by Crippen LogP contribution is 2.16. The molecule has 15 nitrogen and oxygen atoms in total. The minimum atomic E-state index is -1.36. The molecule has 66 heavy (non-hydrogen) atoms. The number of benzene rings is 3. The Morgan fingerprint density at radius 2 is 0.955 bits per heavy atom. The molecule has 0 aliphatic rings. The van der Waals surface area contributed by atoms with Gasteiger partial charge in [-0.05, 0) is 29.9 Å². The summed E-state index contributed by atoms with van der Waals surface area (Å²) in [7, 11) is 0. The van der Waals surface area contributed by atoms with E-state index in [4.69, 9.17) is 11.5 Å². The van der Waals surface area contributed by atoms with Gasteiger partial charge in [-0.3, -0.25) is 33.6 Å². The van der Waals surface area contributed by atoms with Gasteiger partial charge in [0.1, 0.15) is 24.2 Å². The van der Waals surface area contributed by atoms with Crippen molar-refractivity contribution < 1.29 is 43.5 Å². The topological polar surface area (TPSA) is 257 Å². The Labute approximate surface area is 389 Å². The van der Waals surface area contributed by atoms with Crippen LogP contribution in [0.4, 0.5) is 0 Å². The van der Waals surface area contributed by atoms with E-state index in [2.05, 4.69) is 21.3 Å². The minimum Gasteiger partial charge on any atom is -0.480 e. The summed E-state index contributed by atoms with van der Waals surface area (Å²) in [5, 5.41) is 20.5. The maximum Gasteiger partial charge on any atom is 0.326 e. The van der Waals surface area contributed by atoms with E-state index < -0.39 is 66.1 Å². The molecule has 0 saturated carbocycles. The summed E-state index contributed by atoms with van der Waals surface area (Å²) < 4.78 is 0. The third-order valence-electron chi connectivity index (χ3n) is 11.7. The van der Waals surface area contributed by atoms with Crippen LogP contribution in [0.2, 0.25) is 0 Å². The summed E-state index contributed by atoms with van der Waals surface area (Å²) in [6, 6.07) is 20.1. The monoisotopic (exact) mass is 911 g/mol. The standard InChI is InChI=1S/C51H70N6O9/c1-3-35(2)46(50(64)55-40(48(53)62)32-36-22-16-14-17-23-36)57-45(60)27-21-13-11-9-7-5-4-6-8-10-12-20-26-44(59)54-41(34-43(52)58)49(63)56-42(51(65)66)33-37-28-30-39(31-29-37)47(61)38-24-18-15-19-25-38/h14-19,22-25,28-31,35,40-42,46H,3-13,20-21,26-27,32-34H2,1-2H3,(H2,52,58)(H2,53,62)(H,54,59)(H,55,64)(H,56,63)(H,57,60)(H,65,66)/t35?,40-,41+,42+,46+/m1/s1. The molecule has 0 radical (unpaired) electrons. The van der Waals surface area contributed by atoms with E-state index in [1.165, 1.54) is 0 Å². The van der Waals surface area contributed by atoms with Crippen molar-refractivity contribution in [3.05, 3.63) is 107 Å². The molecule has 0 aliphatic carbocycles. The van der Waals surface area contributed by atoms with Gasteiger partial charge >= 0.3 is 5.97 Å². The van der Waals surface area contributed by atoms with Crippen LogP contribution in [0.5, 0.6) is 0 Å². The van der Waals surface area contributed by atoms with Gasteiger partial charge in [0.05, 0.1) is 6.42 Å². The molecule has 0 heterocycles. The number of unbranched alkanes of at least 4 members (excludes halogenated alkanes) is 11. The summed E-state index contributed by atoms with van der Waals surface area (Å²) >= 11 is 0. The highest BCUT2D eigenvalue weighted by molar-refractivity contribution is 6.09. The molecule has 0 saturated heterocycles. The van der Waals surface area contributed by atoms with Crippen LogP contribution in [0.15, 0.2) is 84.9 Å². The zero-order valence-corrected chi connectivity index (χ0v) is 38.6. The number of rotatable bonds is 33. The molecule has 0 aromatic heterocycles. The average Bonchev–Trinajstić information content (AvgIpc) is 3.30. The molecule has 3 rings (SSSR count). The number of primary amides is 2. The summed E-state index contributed by atoms with van der Waals surface area (Å²) in [6.07, 6.45) is 12.3. The number of ketones is 1. The molecular formula is C51H70N6O9. The van der Waals surface area contributed by atoms with Crippen LogP contribution >= 0.6 is 0 Å². The zero-order valence-electron chi connectivity index (χ0n) is 38.6. The molecule has 3 aromatic carbocycles. The van der Waals surface area contributed by atoms with Gasteiger partial charge in [-0.15, -0.1) is 0 Å². The fraction of sp³-hybridized carbons (Fsp3) is 0.490. The van der Waals surface area contributed by atoms with Gasteiger partial charge in [0.25, 0.3) is 0 Å². The fourth-order valence-corrected chi connectivity index (χ4v) is 7.55. The maximum absolute atomic E-state index is 13.2. The van der Waals surface area contributed by atoms with E-state index in [1.54, 1.807) is 48.5 Å². The maximum atomic E-state index is 13.2. The smallest absolute Gasteiger partial charge is 0.326 e. The van der Waals surface area contributed by atoms with Crippen LogP contribution in [-0.2, 0) is 46.4 Å². The lowest BCUT2D eigenvalue weighted by Gasteiger charge is -2.26. The summed E-state index contributed by atoms with van der Waals surface area (Å²) in [6.45, 7) is 3.84. The van der Waals surface area contributed by atoms with E-state index in [0.717, 1.165) is 76.2 Å². The van der Waals surface area contributed by atoms with Crippen LogP contribution < -0.4 is 32.7 Å². The van der Waals surface area contributed by atoms with E-state index in [-0.39, 0.29) is 36.9 Å². The Kier molecular flexibility index (Phi) is 24.5. The summed E-state index contributed by atoms with van der Waals surface area (Å²) in [5.74, 6) is -4.94. The van der Waals surface area contributed by atoms with E-state index >= 15 is 0 Å². The molecular weight excluding hydrogens is 841 g/mol. The molecule has 5 atom stereocenters. The first-order valence-electron chi connectivity index (χ1n) is 23.4. The molecule has 0 fully saturated rings. The minimum absolute atomic E-state index is 0.0931.